The lowest BCUT2D eigenvalue weighted by atomic mass is 9.62. The summed E-state index contributed by atoms with van der Waals surface area (Å²) in [7, 11) is 0. The molecule has 0 amide bonds. The number of pyridine rings is 3. The number of aromatic amines is 1. The number of rotatable bonds is 17. The van der Waals surface area contributed by atoms with E-state index in [2.05, 4.69) is 273 Å². The Kier molecular flexibility index (Phi) is 22.2. The molecule has 1 aliphatic heterocycles. The first kappa shape index (κ1) is 79.4. The van der Waals surface area contributed by atoms with Gasteiger partial charge in [0.25, 0.3) is 0 Å². The molecule has 606 valence electrons. The number of nitrogens with one attached hydrogen (secondary N) is 1. The van der Waals surface area contributed by atoms with Gasteiger partial charge in [0.1, 0.15) is 10.7 Å². The standard InChI is InChI=1S/C29H28ClN5.C29H27N5O.C22H20N4.C20H17N5S/c1-19(2)29(3,23-10-8-21(9-11-23)22-15-33-28(31)34-16-22)26-18-35(27-25(26)5-4-14-32-27)17-20-6-12-24(30)13-7-20;30-28-32-17-22(18-33-28)21-8-10-23(11-9-21)29(12-15-35-16-13-29)26-20-34(19-24-5-3-4-14-31-24)27-7-2-1-6-25(26)27;23-21-24-13-17(14-25-21)15-6-8-18(9-7-15)22(10-3-11-22)20-12-16-4-1-2-5-19(16)26-20;21-19-23-10-13(11-24-19)15-7-6-14(12-22-15)20(8-3-9-20)18-25-16-4-1-2-5-17(16)26-18/h4-16,18-19H,17H2,1-3H3,(H2,31,33,34);1-11,14,17-18,20H,12-13,15-16,19H2,(H2,30,32,33);1-2,4-9,12-14,26H,3,10-11H2,(H2,23,24,25);1-2,4-7,10-12H,3,8-9H2,(H2,21,23,24). The number of H-pyrrole nitrogens is 1. The molecule has 1 atom stereocenters. The van der Waals surface area contributed by atoms with E-state index in [0.29, 0.717) is 11.9 Å². The largest absolute Gasteiger partial charge is 0.381 e. The van der Waals surface area contributed by atoms with E-state index in [1.165, 1.54) is 107 Å². The van der Waals surface area contributed by atoms with Gasteiger partial charge in [0.05, 0.1) is 28.1 Å². The molecule has 0 spiro atoms. The molecule has 3 fully saturated rings. The van der Waals surface area contributed by atoms with Crippen LogP contribution in [0.15, 0.2) is 299 Å². The highest BCUT2D eigenvalue weighted by Gasteiger charge is 2.45. The number of aromatic nitrogens is 15. The number of nitrogens with zero attached hydrogens (tertiary/aromatic N) is 14. The monoisotopic (exact) mass is 1640 g/mol. The molecule has 21 rings (SSSR count). The maximum absolute atomic E-state index is 6.10. The van der Waals surface area contributed by atoms with Crippen molar-refractivity contribution >= 4 is 89.8 Å². The molecule has 18 aromatic rings. The van der Waals surface area contributed by atoms with E-state index in [4.69, 9.17) is 49.2 Å². The molecule has 0 radical (unpaired) electrons. The molecule has 9 N–H and O–H groups in total. The van der Waals surface area contributed by atoms with Gasteiger partial charge in [-0.15, -0.1) is 11.3 Å². The summed E-state index contributed by atoms with van der Waals surface area (Å²) in [6.45, 7) is 9.84. The van der Waals surface area contributed by atoms with Crippen LogP contribution >= 0.6 is 22.9 Å². The van der Waals surface area contributed by atoms with E-state index in [-0.39, 0.29) is 39.5 Å². The maximum Gasteiger partial charge on any atom is 0.219 e. The van der Waals surface area contributed by atoms with Gasteiger partial charge in [-0.1, -0.05) is 191 Å². The van der Waals surface area contributed by atoms with E-state index in [1.807, 2.05) is 61.1 Å². The van der Waals surface area contributed by atoms with Crippen LogP contribution in [0.2, 0.25) is 5.02 Å². The predicted molar refractivity (Wildman–Crippen MR) is 490 cm³/mol. The van der Waals surface area contributed by atoms with Crippen molar-refractivity contribution in [3.8, 4) is 44.6 Å². The molecular weight excluding hydrogens is 1550 g/mol. The van der Waals surface area contributed by atoms with Crippen molar-refractivity contribution in [3.05, 3.63) is 359 Å². The number of benzene rings is 7. The summed E-state index contributed by atoms with van der Waals surface area (Å²) in [6.07, 6.45) is 33.3. The van der Waals surface area contributed by atoms with Gasteiger partial charge in [-0.3, -0.25) is 9.97 Å². The van der Waals surface area contributed by atoms with Crippen molar-refractivity contribution in [2.45, 2.75) is 107 Å². The van der Waals surface area contributed by atoms with Crippen molar-refractivity contribution in [3.63, 3.8) is 0 Å². The minimum atomic E-state index is -0.220. The Morgan fingerprint density at radius 1 is 0.467 bits per heavy atom. The predicted octanol–water partition coefficient (Wildman–Crippen LogP) is 20.8. The molecule has 20 nitrogen and oxygen atoms in total. The molecule has 3 aliphatic rings. The zero-order chi connectivity index (χ0) is 83.4. The Morgan fingerprint density at radius 2 is 1.01 bits per heavy atom. The lowest BCUT2D eigenvalue weighted by Gasteiger charge is -2.42. The highest BCUT2D eigenvalue weighted by atomic mass is 35.5. The average Bonchev–Trinajstić information content (AvgIpc) is 1.59. The van der Waals surface area contributed by atoms with Crippen molar-refractivity contribution in [2.24, 2.45) is 5.92 Å². The topological polar surface area (TPSA) is 294 Å². The van der Waals surface area contributed by atoms with Crippen molar-refractivity contribution < 1.29 is 4.74 Å². The Hall–Kier alpha value is -13.7. The van der Waals surface area contributed by atoms with Crippen LogP contribution in [-0.4, -0.2) is 87.1 Å². The molecule has 1 unspecified atom stereocenters. The highest BCUT2D eigenvalue weighted by molar-refractivity contribution is 7.18. The van der Waals surface area contributed by atoms with Crippen LogP contribution in [0, 0.1) is 5.92 Å². The SMILES string of the molecule is CC(C)C(C)(c1ccc(-c2cnc(N)nc2)cc1)c1cn(Cc2ccc(Cl)cc2)c2ncccc12.Nc1ncc(-c2ccc(C3(c4cc5ccccc5[nH]4)CCC3)cc2)cn1.Nc1ncc(-c2ccc(C3(c4cn(Cc5ccccn5)c5ccccc45)CCOCC3)cc2)cn1.Nc1ncc(-c2ccc(C3(c4nc5ccccc5s4)CCC3)cn2)cn1. The fourth-order valence-electron chi connectivity index (χ4n) is 17.7. The second-order valence-electron chi connectivity index (χ2n) is 32.3. The van der Waals surface area contributed by atoms with Crippen LogP contribution < -0.4 is 22.9 Å². The van der Waals surface area contributed by atoms with E-state index in [0.717, 1.165) is 119 Å². The number of para-hydroxylation sites is 3. The van der Waals surface area contributed by atoms with Gasteiger partial charge in [-0.05, 0) is 178 Å². The molecule has 1 saturated heterocycles. The van der Waals surface area contributed by atoms with Gasteiger partial charge in [0, 0.05) is 177 Å². The van der Waals surface area contributed by atoms with Crippen LogP contribution in [0.4, 0.5) is 23.8 Å². The number of hydrogen-bond acceptors (Lipinski definition) is 18. The summed E-state index contributed by atoms with van der Waals surface area (Å²) in [5, 5.41) is 5.70. The third kappa shape index (κ3) is 15.9. The third-order valence-corrected chi connectivity index (χ3v) is 26.6. The van der Waals surface area contributed by atoms with Crippen LogP contribution in [0.25, 0.3) is 87.7 Å². The fourth-order valence-corrected chi connectivity index (χ4v) is 19.0. The Labute approximate surface area is 716 Å². The van der Waals surface area contributed by atoms with Gasteiger partial charge >= 0.3 is 0 Å². The number of fused-ring (bicyclic) bond motifs is 4. The first-order chi connectivity index (χ1) is 59.6. The number of ether oxygens (including phenoxy) is 1. The zero-order valence-corrected chi connectivity index (χ0v) is 69.7. The van der Waals surface area contributed by atoms with Gasteiger partial charge in [0.15, 0.2) is 0 Å². The van der Waals surface area contributed by atoms with Crippen molar-refractivity contribution in [1.29, 1.82) is 0 Å². The van der Waals surface area contributed by atoms with Crippen molar-refractivity contribution in [2.75, 3.05) is 36.1 Å². The van der Waals surface area contributed by atoms with E-state index >= 15 is 0 Å². The summed E-state index contributed by atoms with van der Waals surface area (Å²) >= 11 is 7.91. The summed E-state index contributed by atoms with van der Waals surface area (Å²) < 4.78 is 11.7. The van der Waals surface area contributed by atoms with E-state index in [9.17, 15) is 0 Å². The number of thiazole rings is 1. The Morgan fingerprint density at radius 3 is 1.57 bits per heavy atom. The second-order valence-corrected chi connectivity index (χ2v) is 33.8. The van der Waals surface area contributed by atoms with Crippen LogP contribution in [0.5, 0.6) is 0 Å². The minimum Gasteiger partial charge on any atom is -0.381 e. The maximum atomic E-state index is 6.10. The lowest BCUT2D eigenvalue weighted by Crippen LogP contribution is -2.35. The van der Waals surface area contributed by atoms with Crippen LogP contribution in [-0.2, 0) is 39.5 Å². The number of halogens is 1. The van der Waals surface area contributed by atoms with Crippen molar-refractivity contribution in [1.82, 2.24) is 73.9 Å². The minimum absolute atomic E-state index is 0.00678. The smallest absolute Gasteiger partial charge is 0.219 e. The Bertz CT molecular complexity index is 6390. The van der Waals surface area contributed by atoms with Crippen LogP contribution in [0.3, 0.4) is 0 Å². The summed E-state index contributed by atoms with van der Waals surface area (Å²) in [4.78, 5) is 55.4. The summed E-state index contributed by atoms with van der Waals surface area (Å²) in [6, 6.07) is 76.7. The Balaban J connectivity index is 0.000000112. The first-order valence-electron chi connectivity index (χ1n) is 41.4. The number of anilines is 4. The second kappa shape index (κ2) is 34.2. The quantitative estimate of drug-likeness (QED) is 0.0566. The molecule has 0 bridgehead atoms. The molecule has 2 saturated carbocycles. The lowest BCUT2D eigenvalue weighted by molar-refractivity contribution is 0.0635. The van der Waals surface area contributed by atoms with Gasteiger partial charge in [-0.25, -0.2) is 49.8 Å². The first-order valence-corrected chi connectivity index (χ1v) is 42.6. The summed E-state index contributed by atoms with van der Waals surface area (Å²) in [5.41, 5.74) is 46.0. The van der Waals surface area contributed by atoms with Crippen LogP contribution in [0.1, 0.15) is 127 Å². The molecule has 2 aliphatic carbocycles. The van der Waals surface area contributed by atoms with Gasteiger partial charge in [0.2, 0.25) is 23.8 Å². The van der Waals surface area contributed by atoms with E-state index < -0.39 is 0 Å². The molecule has 122 heavy (non-hydrogen) atoms. The molecule has 7 aromatic carbocycles. The summed E-state index contributed by atoms with van der Waals surface area (Å²) in [5.74, 6) is 1.49. The number of hydrogen-bond donors (Lipinski definition) is 5. The van der Waals surface area contributed by atoms with Gasteiger partial charge in [-0.2, -0.15) is 0 Å². The average molecular weight is 1640 g/mol. The third-order valence-electron chi connectivity index (χ3n) is 25.1. The molecule has 22 heteroatoms. The normalized spacial score (nSPS) is 14.9. The number of nitrogens with two attached hydrogens (primary N) is 4. The van der Waals surface area contributed by atoms with E-state index in [1.54, 1.807) is 60.9 Å². The molecular formula is C100H92ClN19OS. The number of nitrogen functional groups attached to an aromatic ring is 4. The molecule has 12 heterocycles. The highest BCUT2D eigenvalue weighted by Crippen LogP contribution is 2.53. The zero-order valence-electron chi connectivity index (χ0n) is 68.1. The van der Waals surface area contributed by atoms with Gasteiger partial charge < -0.3 is 41.8 Å². The molecule has 11 aromatic heterocycles. The fraction of sp³-hybridized carbons (Fsp3) is 0.200.